The lowest BCUT2D eigenvalue weighted by molar-refractivity contribution is -0.0378. The zero-order valence-electron chi connectivity index (χ0n) is 12.7. The molecule has 0 saturated carbocycles. The molecule has 2 saturated heterocycles. The van der Waals surface area contributed by atoms with E-state index >= 15 is 0 Å². The van der Waals surface area contributed by atoms with Crippen LogP contribution in [0.1, 0.15) is 29.5 Å². The van der Waals surface area contributed by atoms with E-state index in [1.165, 1.54) is 24.0 Å². The van der Waals surface area contributed by atoms with Crippen LogP contribution in [0.3, 0.4) is 0 Å². The van der Waals surface area contributed by atoms with E-state index < -0.39 is 0 Å². The number of morpholine rings is 1. The zero-order valence-corrected chi connectivity index (χ0v) is 12.7. The summed E-state index contributed by atoms with van der Waals surface area (Å²) in [6.07, 6.45) is 2.41. The molecule has 110 valence electrons. The molecular formula is C17H26N2O. The van der Waals surface area contributed by atoms with Crippen molar-refractivity contribution in [1.29, 1.82) is 0 Å². The van der Waals surface area contributed by atoms with Gasteiger partial charge in [0.1, 0.15) is 0 Å². The fraction of sp³-hybridized carbons (Fsp3) is 0.647. The van der Waals surface area contributed by atoms with Crippen molar-refractivity contribution in [2.24, 2.45) is 0 Å². The van der Waals surface area contributed by atoms with E-state index in [0.29, 0.717) is 0 Å². The van der Waals surface area contributed by atoms with Crippen molar-refractivity contribution in [1.82, 2.24) is 10.2 Å². The summed E-state index contributed by atoms with van der Waals surface area (Å²) in [6.45, 7) is 10.6. The molecule has 0 bridgehead atoms. The third kappa shape index (κ3) is 2.39. The van der Waals surface area contributed by atoms with Crippen molar-refractivity contribution in [3.05, 3.63) is 34.9 Å². The molecular weight excluding hydrogens is 248 g/mol. The fourth-order valence-corrected chi connectivity index (χ4v) is 3.84. The molecule has 20 heavy (non-hydrogen) atoms. The van der Waals surface area contributed by atoms with E-state index in [0.717, 1.165) is 39.4 Å². The van der Waals surface area contributed by atoms with Gasteiger partial charge >= 0.3 is 0 Å². The van der Waals surface area contributed by atoms with E-state index in [1.807, 2.05) is 0 Å². The average molecular weight is 274 g/mol. The van der Waals surface area contributed by atoms with E-state index in [2.05, 4.69) is 42.3 Å². The topological polar surface area (TPSA) is 24.5 Å². The molecule has 0 amide bonds. The van der Waals surface area contributed by atoms with Crippen LogP contribution in [0.5, 0.6) is 0 Å². The van der Waals surface area contributed by atoms with Crippen molar-refractivity contribution in [2.45, 2.75) is 32.2 Å². The molecule has 3 heteroatoms. The molecule has 0 radical (unpaired) electrons. The van der Waals surface area contributed by atoms with Gasteiger partial charge in [-0.1, -0.05) is 18.2 Å². The monoisotopic (exact) mass is 274 g/mol. The first kappa shape index (κ1) is 14.1. The Hall–Kier alpha value is -0.900. The van der Waals surface area contributed by atoms with Gasteiger partial charge in [-0.2, -0.15) is 0 Å². The molecule has 2 heterocycles. The molecule has 1 N–H and O–H groups in total. The normalized spacial score (nSPS) is 23.7. The molecule has 1 aromatic rings. The van der Waals surface area contributed by atoms with Crippen LogP contribution in [0.2, 0.25) is 0 Å². The van der Waals surface area contributed by atoms with Gasteiger partial charge in [0.15, 0.2) is 0 Å². The quantitative estimate of drug-likeness (QED) is 0.895. The lowest BCUT2D eigenvalue weighted by Gasteiger charge is -2.49. The molecule has 0 atom stereocenters. The van der Waals surface area contributed by atoms with Crippen molar-refractivity contribution in [3.8, 4) is 0 Å². The van der Waals surface area contributed by atoms with Crippen LogP contribution < -0.4 is 5.32 Å². The molecule has 2 fully saturated rings. The van der Waals surface area contributed by atoms with E-state index in [4.69, 9.17) is 4.74 Å². The first-order chi connectivity index (χ1) is 9.74. The Balaban J connectivity index is 2.02. The van der Waals surface area contributed by atoms with Crippen molar-refractivity contribution in [2.75, 3.05) is 39.4 Å². The van der Waals surface area contributed by atoms with Crippen LogP contribution in [0, 0.1) is 13.8 Å². The number of piperidine rings is 1. The predicted molar refractivity (Wildman–Crippen MR) is 82.1 cm³/mol. The summed E-state index contributed by atoms with van der Waals surface area (Å²) < 4.78 is 5.57. The summed E-state index contributed by atoms with van der Waals surface area (Å²) in [7, 11) is 0. The average Bonchev–Trinajstić information content (AvgIpc) is 2.51. The highest BCUT2D eigenvalue weighted by molar-refractivity contribution is 5.39. The Bertz CT molecular complexity index is 460. The van der Waals surface area contributed by atoms with E-state index in [1.54, 1.807) is 5.56 Å². The molecule has 0 unspecified atom stereocenters. The Kier molecular flexibility index (Phi) is 4.11. The van der Waals surface area contributed by atoms with Gasteiger partial charge in [0.25, 0.3) is 0 Å². The van der Waals surface area contributed by atoms with Gasteiger partial charge in [-0.3, -0.25) is 4.90 Å². The van der Waals surface area contributed by atoms with Crippen molar-refractivity contribution >= 4 is 0 Å². The highest BCUT2D eigenvalue weighted by Gasteiger charge is 2.41. The minimum Gasteiger partial charge on any atom is -0.379 e. The first-order valence-electron chi connectivity index (χ1n) is 7.84. The smallest absolute Gasteiger partial charge is 0.0594 e. The maximum atomic E-state index is 5.57. The van der Waals surface area contributed by atoms with E-state index in [9.17, 15) is 0 Å². The number of hydrogen-bond acceptors (Lipinski definition) is 3. The Morgan fingerprint density at radius 3 is 2.50 bits per heavy atom. The van der Waals surface area contributed by atoms with Crippen LogP contribution in [0.15, 0.2) is 18.2 Å². The molecule has 3 rings (SSSR count). The van der Waals surface area contributed by atoms with Crippen LogP contribution >= 0.6 is 0 Å². The summed E-state index contributed by atoms with van der Waals surface area (Å²) in [6, 6.07) is 6.80. The van der Waals surface area contributed by atoms with Crippen molar-refractivity contribution < 1.29 is 4.74 Å². The first-order valence-corrected chi connectivity index (χ1v) is 7.84. The maximum Gasteiger partial charge on any atom is 0.0594 e. The maximum absolute atomic E-state index is 5.57. The Labute approximate surface area is 122 Å². The van der Waals surface area contributed by atoms with Gasteiger partial charge in [0.2, 0.25) is 0 Å². The number of ether oxygens (including phenoxy) is 1. The number of benzene rings is 1. The molecule has 0 aliphatic carbocycles. The summed E-state index contributed by atoms with van der Waals surface area (Å²) in [5.41, 5.74) is 4.64. The van der Waals surface area contributed by atoms with Crippen LogP contribution in [0.4, 0.5) is 0 Å². The fourth-order valence-electron chi connectivity index (χ4n) is 3.84. The number of aryl methyl sites for hydroxylation is 1. The standard InChI is InChI=1S/C17H26N2O/c1-14-4-3-5-16(15(14)2)17(6-8-18-9-7-17)19-10-12-20-13-11-19/h3-5,18H,6-13H2,1-2H3. The van der Waals surface area contributed by atoms with E-state index in [-0.39, 0.29) is 5.54 Å². The second-order valence-corrected chi connectivity index (χ2v) is 6.13. The van der Waals surface area contributed by atoms with Gasteiger partial charge in [-0.15, -0.1) is 0 Å². The van der Waals surface area contributed by atoms with Crippen molar-refractivity contribution in [3.63, 3.8) is 0 Å². The lowest BCUT2D eigenvalue weighted by Crippen LogP contribution is -2.56. The predicted octanol–water partition coefficient (Wildman–Crippen LogP) is 2.21. The van der Waals surface area contributed by atoms with Gasteiger partial charge in [0.05, 0.1) is 13.2 Å². The summed E-state index contributed by atoms with van der Waals surface area (Å²) >= 11 is 0. The second-order valence-electron chi connectivity index (χ2n) is 6.13. The lowest BCUT2D eigenvalue weighted by atomic mass is 9.77. The third-order valence-corrected chi connectivity index (χ3v) is 5.15. The molecule has 2 aliphatic heterocycles. The number of hydrogen-bond donors (Lipinski definition) is 1. The minimum atomic E-state index is 0.213. The SMILES string of the molecule is Cc1cccc(C2(N3CCOCC3)CCNCC2)c1C. The number of nitrogens with zero attached hydrogens (tertiary/aromatic N) is 1. The third-order valence-electron chi connectivity index (χ3n) is 5.15. The van der Waals surface area contributed by atoms with Crippen LogP contribution in [-0.2, 0) is 10.3 Å². The molecule has 2 aliphatic rings. The summed E-state index contributed by atoms with van der Waals surface area (Å²) in [5.74, 6) is 0. The second kappa shape index (κ2) is 5.84. The summed E-state index contributed by atoms with van der Waals surface area (Å²) in [5, 5.41) is 3.52. The van der Waals surface area contributed by atoms with Gasteiger partial charge < -0.3 is 10.1 Å². The highest BCUT2D eigenvalue weighted by atomic mass is 16.5. The van der Waals surface area contributed by atoms with Crippen LogP contribution in [0.25, 0.3) is 0 Å². The van der Waals surface area contributed by atoms with Gasteiger partial charge in [-0.05, 0) is 56.5 Å². The number of rotatable bonds is 2. The Morgan fingerprint density at radius 1 is 1.10 bits per heavy atom. The number of nitrogens with one attached hydrogen (secondary N) is 1. The summed E-state index contributed by atoms with van der Waals surface area (Å²) in [4.78, 5) is 2.68. The van der Waals surface area contributed by atoms with Crippen LogP contribution in [-0.4, -0.2) is 44.3 Å². The molecule has 0 aromatic heterocycles. The largest absolute Gasteiger partial charge is 0.379 e. The minimum absolute atomic E-state index is 0.213. The Morgan fingerprint density at radius 2 is 1.80 bits per heavy atom. The molecule has 0 spiro atoms. The zero-order chi connectivity index (χ0) is 14.0. The van der Waals surface area contributed by atoms with Gasteiger partial charge in [-0.25, -0.2) is 0 Å². The molecule has 3 nitrogen and oxygen atoms in total. The highest BCUT2D eigenvalue weighted by Crippen LogP contribution is 2.39. The van der Waals surface area contributed by atoms with Gasteiger partial charge in [0, 0.05) is 18.6 Å². The molecule has 1 aromatic carbocycles.